The fourth-order valence-electron chi connectivity index (χ4n) is 2.20. The van der Waals surface area contributed by atoms with Gasteiger partial charge in [-0.15, -0.1) is 0 Å². The van der Waals surface area contributed by atoms with Crippen molar-refractivity contribution in [2.45, 2.75) is 6.92 Å². The first-order valence-electron chi connectivity index (χ1n) is 8.02. The minimum atomic E-state index is -0.451. The number of methoxy groups -OCH3 is 1. The average Bonchev–Trinajstić information content (AvgIpc) is 2.64. The molecule has 8 heteroatoms. The maximum Gasteiger partial charge on any atom is 0.269 e. The number of ether oxygens (including phenoxy) is 2. The second kappa shape index (κ2) is 9.26. The lowest BCUT2D eigenvalue weighted by Crippen LogP contribution is -2.32. The van der Waals surface area contributed by atoms with Gasteiger partial charge in [0.2, 0.25) is 0 Å². The molecule has 0 atom stereocenters. The van der Waals surface area contributed by atoms with Gasteiger partial charge in [0.25, 0.3) is 11.6 Å². The molecule has 0 aromatic heterocycles. The van der Waals surface area contributed by atoms with E-state index in [9.17, 15) is 14.9 Å². The van der Waals surface area contributed by atoms with E-state index in [0.717, 1.165) is 11.3 Å². The Hall–Kier alpha value is -3.29. The van der Waals surface area contributed by atoms with Crippen LogP contribution in [0.1, 0.15) is 5.56 Å². The van der Waals surface area contributed by atoms with E-state index in [2.05, 4.69) is 10.6 Å². The summed E-state index contributed by atoms with van der Waals surface area (Å²) in [6.07, 6.45) is 0. The van der Waals surface area contributed by atoms with Gasteiger partial charge < -0.3 is 20.1 Å². The molecule has 2 aromatic rings. The van der Waals surface area contributed by atoms with Crippen molar-refractivity contribution in [2.24, 2.45) is 0 Å². The number of carbonyl (C=O) groups is 1. The molecule has 0 saturated heterocycles. The van der Waals surface area contributed by atoms with Gasteiger partial charge in [-0.3, -0.25) is 14.9 Å². The van der Waals surface area contributed by atoms with Gasteiger partial charge in [-0.25, -0.2) is 0 Å². The molecule has 0 aliphatic heterocycles. The fourth-order valence-corrected chi connectivity index (χ4v) is 2.20. The van der Waals surface area contributed by atoms with Gasteiger partial charge in [-0.1, -0.05) is 6.07 Å². The molecule has 1 amide bonds. The molecule has 26 heavy (non-hydrogen) atoms. The molecule has 8 nitrogen and oxygen atoms in total. The SMILES string of the molecule is COc1cc(C)ccc1OCC(=O)NCCNc1ccc([N+](=O)[O-])cc1. The molecule has 2 N–H and O–H groups in total. The number of nitro groups is 1. The van der Waals surface area contributed by atoms with E-state index >= 15 is 0 Å². The van der Waals surface area contributed by atoms with E-state index in [0.29, 0.717) is 24.6 Å². The van der Waals surface area contributed by atoms with Crippen molar-refractivity contribution >= 4 is 17.3 Å². The fraction of sp³-hybridized carbons (Fsp3) is 0.278. The number of nitrogens with zero attached hydrogens (tertiary/aromatic N) is 1. The number of nitro benzene ring substituents is 1. The molecule has 2 rings (SSSR count). The van der Waals surface area contributed by atoms with Crippen LogP contribution in [0.3, 0.4) is 0 Å². The van der Waals surface area contributed by atoms with Crippen molar-refractivity contribution in [2.75, 3.05) is 32.1 Å². The summed E-state index contributed by atoms with van der Waals surface area (Å²) < 4.78 is 10.7. The summed E-state index contributed by atoms with van der Waals surface area (Å²) in [5.41, 5.74) is 1.81. The number of carbonyl (C=O) groups excluding carboxylic acids is 1. The molecule has 0 radical (unpaired) electrons. The number of hydrogen-bond acceptors (Lipinski definition) is 6. The predicted octanol–water partition coefficient (Wildman–Crippen LogP) is 2.52. The Morgan fingerprint density at radius 1 is 1.12 bits per heavy atom. The second-order valence-electron chi connectivity index (χ2n) is 5.52. The van der Waals surface area contributed by atoms with Crippen LogP contribution in [-0.2, 0) is 4.79 Å². The van der Waals surface area contributed by atoms with Crippen molar-refractivity contribution in [1.29, 1.82) is 0 Å². The molecule has 138 valence electrons. The third-order valence-electron chi connectivity index (χ3n) is 3.53. The predicted molar refractivity (Wildman–Crippen MR) is 97.8 cm³/mol. The van der Waals surface area contributed by atoms with Crippen molar-refractivity contribution in [3.05, 3.63) is 58.1 Å². The minimum absolute atomic E-state index is 0.0348. The van der Waals surface area contributed by atoms with Crippen LogP contribution in [0.5, 0.6) is 11.5 Å². The molecule has 2 aromatic carbocycles. The summed E-state index contributed by atoms with van der Waals surface area (Å²) in [6.45, 7) is 2.70. The van der Waals surface area contributed by atoms with Gasteiger partial charge in [-0.2, -0.15) is 0 Å². The molecular weight excluding hydrogens is 338 g/mol. The smallest absolute Gasteiger partial charge is 0.269 e. The maximum absolute atomic E-state index is 11.8. The van der Waals surface area contributed by atoms with Crippen LogP contribution in [0.25, 0.3) is 0 Å². The van der Waals surface area contributed by atoms with Crippen molar-refractivity contribution in [3.8, 4) is 11.5 Å². The van der Waals surface area contributed by atoms with Crippen LogP contribution >= 0.6 is 0 Å². The summed E-state index contributed by atoms with van der Waals surface area (Å²) in [5, 5.41) is 16.4. The van der Waals surface area contributed by atoms with Crippen LogP contribution in [0.4, 0.5) is 11.4 Å². The van der Waals surface area contributed by atoms with Crippen LogP contribution < -0.4 is 20.1 Å². The van der Waals surface area contributed by atoms with Crippen molar-refractivity contribution in [1.82, 2.24) is 5.32 Å². The zero-order valence-corrected chi connectivity index (χ0v) is 14.7. The largest absolute Gasteiger partial charge is 0.493 e. The highest BCUT2D eigenvalue weighted by Crippen LogP contribution is 2.27. The van der Waals surface area contributed by atoms with Crippen molar-refractivity contribution in [3.63, 3.8) is 0 Å². The number of non-ortho nitro benzene ring substituents is 1. The number of hydrogen-bond donors (Lipinski definition) is 2. The monoisotopic (exact) mass is 359 g/mol. The lowest BCUT2D eigenvalue weighted by atomic mass is 10.2. The minimum Gasteiger partial charge on any atom is -0.493 e. The van der Waals surface area contributed by atoms with Gasteiger partial charge in [-0.05, 0) is 36.8 Å². The van der Waals surface area contributed by atoms with E-state index in [-0.39, 0.29) is 18.2 Å². The highest BCUT2D eigenvalue weighted by atomic mass is 16.6. The number of benzene rings is 2. The summed E-state index contributed by atoms with van der Waals surface area (Å²) in [7, 11) is 1.55. The number of aryl methyl sites for hydroxylation is 1. The first kappa shape index (κ1) is 19.0. The Bertz CT molecular complexity index is 762. The Morgan fingerprint density at radius 3 is 2.50 bits per heavy atom. The van der Waals surface area contributed by atoms with Crippen LogP contribution in [-0.4, -0.2) is 37.6 Å². The molecular formula is C18H21N3O5. The van der Waals surface area contributed by atoms with Gasteiger partial charge in [0, 0.05) is 30.9 Å². The number of amides is 1. The quantitative estimate of drug-likeness (QED) is 0.405. The zero-order valence-electron chi connectivity index (χ0n) is 14.7. The summed E-state index contributed by atoms with van der Waals surface area (Å²) in [4.78, 5) is 22.0. The van der Waals surface area contributed by atoms with Gasteiger partial charge in [0.05, 0.1) is 12.0 Å². The molecule has 0 saturated carbocycles. The van der Waals surface area contributed by atoms with E-state index in [4.69, 9.17) is 9.47 Å². The van der Waals surface area contributed by atoms with Gasteiger partial charge >= 0.3 is 0 Å². The topological polar surface area (TPSA) is 103 Å². The van der Waals surface area contributed by atoms with Crippen LogP contribution in [0, 0.1) is 17.0 Å². The molecule has 0 bridgehead atoms. The number of rotatable bonds is 9. The maximum atomic E-state index is 11.8. The molecule has 0 unspecified atom stereocenters. The average molecular weight is 359 g/mol. The van der Waals surface area contributed by atoms with Crippen molar-refractivity contribution < 1.29 is 19.2 Å². The first-order valence-corrected chi connectivity index (χ1v) is 8.02. The van der Waals surface area contributed by atoms with E-state index in [1.807, 2.05) is 19.1 Å². The van der Waals surface area contributed by atoms with E-state index in [1.165, 1.54) is 12.1 Å². The summed E-state index contributed by atoms with van der Waals surface area (Å²) in [6, 6.07) is 11.6. The Labute approximate surface area is 151 Å². The molecule has 0 heterocycles. The third-order valence-corrected chi connectivity index (χ3v) is 3.53. The Kier molecular flexibility index (Phi) is 6.78. The van der Waals surface area contributed by atoms with Crippen LogP contribution in [0.15, 0.2) is 42.5 Å². The second-order valence-corrected chi connectivity index (χ2v) is 5.52. The number of nitrogens with one attached hydrogen (secondary N) is 2. The lowest BCUT2D eigenvalue weighted by Gasteiger charge is -2.12. The molecule has 0 aliphatic carbocycles. The van der Waals surface area contributed by atoms with Crippen LogP contribution in [0.2, 0.25) is 0 Å². The lowest BCUT2D eigenvalue weighted by molar-refractivity contribution is -0.384. The van der Waals surface area contributed by atoms with Gasteiger partial charge in [0.1, 0.15) is 0 Å². The Morgan fingerprint density at radius 2 is 1.85 bits per heavy atom. The highest BCUT2D eigenvalue weighted by molar-refractivity contribution is 5.77. The number of anilines is 1. The summed E-state index contributed by atoms with van der Waals surface area (Å²) in [5.74, 6) is 0.841. The van der Waals surface area contributed by atoms with Gasteiger partial charge in [0.15, 0.2) is 18.1 Å². The standard InChI is InChI=1S/C18H21N3O5/c1-13-3-8-16(17(11-13)25-2)26-12-18(22)20-10-9-19-14-4-6-15(7-5-14)21(23)24/h3-8,11,19H,9-10,12H2,1-2H3,(H,20,22). The zero-order chi connectivity index (χ0) is 18.9. The first-order chi connectivity index (χ1) is 12.5. The molecule has 0 fully saturated rings. The molecule has 0 spiro atoms. The third kappa shape index (κ3) is 5.66. The summed E-state index contributed by atoms with van der Waals surface area (Å²) >= 11 is 0. The highest BCUT2D eigenvalue weighted by Gasteiger charge is 2.08. The Balaban J connectivity index is 1.70. The molecule has 0 aliphatic rings. The van der Waals surface area contributed by atoms with E-state index < -0.39 is 4.92 Å². The normalized spacial score (nSPS) is 10.1. The van der Waals surface area contributed by atoms with E-state index in [1.54, 1.807) is 25.3 Å².